The standard InChI is InChI=1S/C10H19NO7S2/c1-9(2)10(12)11(5-3-7-19(13,14)15)6-4-8-20(16,17)18/h1,3-8H2,2H3,(H,13,14,15)(H,16,17,18). The van der Waals surface area contributed by atoms with E-state index >= 15 is 0 Å². The van der Waals surface area contributed by atoms with Crippen molar-refractivity contribution in [3.05, 3.63) is 12.2 Å². The van der Waals surface area contributed by atoms with Gasteiger partial charge < -0.3 is 4.90 Å². The van der Waals surface area contributed by atoms with Crippen molar-refractivity contribution in [3.8, 4) is 0 Å². The number of hydrogen-bond acceptors (Lipinski definition) is 5. The lowest BCUT2D eigenvalue weighted by Gasteiger charge is -2.22. The predicted octanol–water partition coefficient (Wildman–Crippen LogP) is -0.0531. The molecule has 0 bridgehead atoms. The lowest BCUT2D eigenvalue weighted by atomic mass is 10.2. The molecule has 0 aliphatic rings. The second kappa shape index (κ2) is 7.72. The maximum atomic E-state index is 11.8. The molecule has 118 valence electrons. The van der Waals surface area contributed by atoms with E-state index in [2.05, 4.69) is 6.58 Å². The van der Waals surface area contributed by atoms with Gasteiger partial charge in [0.1, 0.15) is 0 Å². The molecule has 10 heteroatoms. The molecule has 2 N–H and O–H groups in total. The summed E-state index contributed by atoms with van der Waals surface area (Å²) in [7, 11) is -8.21. The first-order valence-electron chi connectivity index (χ1n) is 5.77. The second-order valence-electron chi connectivity index (χ2n) is 4.35. The number of rotatable bonds is 9. The molecule has 0 saturated heterocycles. The van der Waals surface area contributed by atoms with Crippen molar-refractivity contribution in [2.45, 2.75) is 19.8 Å². The van der Waals surface area contributed by atoms with Gasteiger partial charge in [-0.1, -0.05) is 6.58 Å². The van der Waals surface area contributed by atoms with Crippen molar-refractivity contribution in [3.63, 3.8) is 0 Å². The van der Waals surface area contributed by atoms with Crippen LogP contribution in [0.4, 0.5) is 0 Å². The minimum Gasteiger partial charge on any atom is -0.339 e. The van der Waals surface area contributed by atoms with Crippen LogP contribution < -0.4 is 0 Å². The van der Waals surface area contributed by atoms with Crippen molar-refractivity contribution in [1.82, 2.24) is 4.90 Å². The van der Waals surface area contributed by atoms with Crippen molar-refractivity contribution in [1.29, 1.82) is 0 Å². The first kappa shape index (κ1) is 19.0. The molecule has 0 fully saturated rings. The molecule has 0 heterocycles. The minimum absolute atomic E-state index is 0.0176. The zero-order valence-electron chi connectivity index (χ0n) is 11.1. The Bertz CT molecular complexity index is 512. The Labute approximate surface area is 119 Å². The summed E-state index contributed by atoms with van der Waals surface area (Å²) >= 11 is 0. The van der Waals surface area contributed by atoms with E-state index in [0.717, 1.165) is 0 Å². The van der Waals surface area contributed by atoms with Crippen LogP contribution in [0.3, 0.4) is 0 Å². The summed E-state index contributed by atoms with van der Waals surface area (Å²) in [6, 6.07) is 0. The first-order valence-corrected chi connectivity index (χ1v) is 8.99. The number of carbonyl (C=O) groups excluding carboxylic acids is 1. The van der Waals surface area contributed by atoms with Crippen molar-refractivity contribution in [2.75, 3.05) is 24.6 Å². The van der Waals surface area contributed by atoms with Crippen LogP contribution in [0.2, 0.25) is 0 Å². The largest absolute Gasteiger partial charge is 0.339 e. The Kier molecular flexibility index (Phi) is 7.34. The summed E-state index contributed by atoms with van der Waals surface area (Å²) in [5, 5.41) is 0. The summed E-state index contributed by atoms with van der Waals surface area (Å²) < 4.78 is 59.5. The Hall–Kier alpha value is -0.970. The molecule has 0 radical (unpaired) electrons. The van der Waals surface area contributed by atoms with Crippen LogP contribution in [-0.2, 0) is 25.0 Å². The van der Waals surface area contributed by atoms with E-state index in [1.165, 1.54) is 11.8 Å². The van der Waals surface area contributed by atoms with Gasteiger partial charge in [-0.2, -0.15) is 16.8 Å². The van der Waals surface area contributed by atoms with Crippen molar-refractivity contribution in [2.24, 2.45) is 0 Å². The average molecular weight is 329 g/mol. The molecule has 8 nitrogen and oxygen atoms in total. The SMILES string of the molecule is C=C(C)C(=O)N(CCCS(=O)(=O)O)CCCS(=O)(=O)O. The lowest BCUT2D eigenvalue weighted by molar-refractivity contribution is -0.127. The summed E-state index contributed by atoms with van der Waals surface area (Å²) in [6.07, 6.45) is 0.0352. The molecule has 20 heavy (non-hydrogen) atoms. The highest BCUT2D eigenvalue weighted by Crippen LogP contribution is 2.04. The zero-order chi connectivity index (χ0) is 16.0. The van der Waals surface area contributed by atoms with Crippen molar-refractivity contribution < 1.29 is 30.7 Å². The van der Waals surface area contributed by atoms with Gasteiger partial charge in [0.25, 0.3) is 20.2 Å². The van der Waals surface area contributed by atoms with Crippen LogP contribution in [0, 0.1) is 0 Å². The lowest BCUT2D eigenvalue weighted by Crippen LogP contribution is -2.34. The normalized spacial score (nSPS) is 12.2. The van der Waals surface area contributed by atoms with E-state index in [1.54, 1.807) is 0 Å². The quantitative estimate of drug-likeness (QED) is 0.448. The van der Waals surface area contributed by atoms with Gasteiger partial charge in [0, 0.05) is 18.7 Å². The van der Waals surface area contributed by atoms with Gasteiger partial charge in [0.2, 0.25) is 5.91 Å². The number of carbonyl (C=O) groups is 1. The Morgan fingerprint density at radius 1 is 1.00 bits per heavy atom. The highest BCUT2D eigenvalue weighted by molar-refractivity contribution is 7.86. The summed E-state index contributed by atoms with van der Waals surface area (Å²) in [6.45, 7) is 5.01. The van der Waals surface area contributed by atoms with Gasteiger partial charge in [-0.05, 0) is 19.8 Å². The number of nitrogens with zero attached hydrogens (tertiary/aromatic N) is 1. The van der Waals surface area contributed by atoms with Gasteiger partial charge >= 0.3 is 0 Å². The molecule has 0 aliphatic heterocycles. The topological polar surface area (TPSA) is 129 Å². The van der Waals surface area contributed by atoms with E-state index in [-0.39, 0.29) is 31.5 Å². The maximum absolute atomic E-state index is 11.8. The fourth-order valence-corrected chi connectivity index (χ4v) is 2.45. The maximum Gasteiger partial charge on any atom is 0.264 e. The molecular formula is C10H19NO7S2. The molecule has 0 rings (SSSR count). The predicted molar refractivity (Wildman–Crippen MR) is 73.5 cm³/mol. The third kappa shape index (κ3) is 9.89. The van der Waals surface area contributed by atoms with Crippen LogP contribution in [0.5, 0.6) is 0 Å². The number of amides is 1. The van der Waals surface area contributed by atoms with Crippen LogP contribution in [-0.4, -0.2) is 61.3 Å². The molecular weight excluding hydrogens is 310 g/mol. The van der Waals surface area contributed by atoms with Crippen LogP contribution in [0.1, 0.15) is 19.8 Å². The molecule has 0 aliphatic carbocycles. The zero-order valence-corrected chi connectivity index (χ0v) is 12.8. The Morgan fingerprint density at radius 3 is 1.60 bits per heavy atom. The van der Waals surface area contributed by atoms with Gasteiger partial charge in [0.05, 0.1) is 11.5 Å². The Morgan fingerprint density at radius 2 is 1.35 bits per heavy atom. The van der Waals surface area contributed by atoms with Crippen LogP contribution in [0.15, 0.2) is 12.2 Å². The first-order chi connectivity index (χ1) is 8.92. The average Bonchev–Trinajstić information content (AvgIpc) is 2.22. The molecule has 0 aromatic carbocycles. The number of hydrogen-bond donors (Lipinski definition) is 2. The molecule has 0 spiro atoms. The molecule has 0 atom stereocenters. The van der Waals surface area contributed by atoms with Crippen molar-refractivity contribution >= 4 is 26.1 Å². The fraction of sp³-hybridized carbons (Fsp3) is 0.700. The highest BCUT2D eigenvalue weighted by Gasteiger charge is 2.16. The van der Waals surface area contributed by atoms with E-state index in [1.807, 2.05) is 0 Å². The van der Waals surface area contributed by atoms with E-state index in [9.17, 15) is 21.6 Å². The summed E-state index contributed by atoms with van der Waals surface area (Å²) in [4.78, 5) is 13.0. The smallest absolute Gasteiger partial charge is 0.264 e. The third-order valence-corrected chi connectivity index (χ3v) is 3.92. The van der Waals surface area contributed by atoms with E-state index in [0.29, 0.717) is 0 Å². The van der Waals surface area contributed by atoms with Gasteiger partial charge in [-0.25, -0.2) is 0 Å². The minimum atomic E-state index is -4.11. The summed E-state index contributed by atoms with van der Waals surface area (Å²) in [5.74, 6) is -1.42. The molecule has 0 unspecified atom stereocenters. The van der Waals surface area contributed by atoms with E-state index in [4.69, 9.17) is 9.11 Å². The van der Waals surface area contributed by atoms with Crippen LogP contribution in [0.25, 0.3) is 0 Å². The van der Waals surface area contributed by atoms with Gasteiger partial charge in [0.15, 0.2) is 0 Å². The Balaban J connectivity index is 4.50. The fourth-order valence-electron chi connectivity index (χ4n) is 1.46. The van der Waals surface area contributed by atoms with Gasteiger partial charge in [-0.15, -0.1) is 0 Å². The third-order valence-electron chi connectivity index (χ3n) is 2.31. The van der Waals surface area contributed by atoms with E-state index < -0.39 is 37.6 Å². The molecule has 0 aromatic rings. The highest BCUT2D eigenvalue weighted by atomic mass is 32.2. The monoisotopic (exact) mass is 329 g/mol. The molecule has 0 saturated carbocycles. The van der Waals surface area contributed by atoms with Gasteiger partial charge in [-0.3, -0.25) is 13.9 Å². The molecule has 1 amide bonds. The summed E-state index contributed by atoms with van der Waals surface area (Å²) in [5.41, 5.74) is 0.226. The van der Waals surface area contributed by atoms with Crippen LogP contribution >= 0.6 is 0 Å². The molecule has 0 aromatic heterocycles. The second-order valence-corrected chi connectivity index (χ2v) is 7.50.